The van der Waals surface area contributed by atoms with Gasteiger partial charge >= 0.3 is 0 Å². The second-order valence-corrected chi connectivity index (χ2v) is 3.84. The number of carbonyl (C=O) groups excluding carboxylic acids is 1. The minimum atomic E-state index is -0.300. The van der Waals surface area contributed by atoms with E-state index in [0.29, 0.717) is 22.8 Å². The molecule has 1 aromatic carbocycles. The first kappa shape index (κ1) is 12.0. The van der Waals surface area contributed by atoms with Crippen LogP contribution in [0.25, 0.3) is 0 Å². The molecular weight excluding hydrogens is 232 g/mol. The van der Waals surface area contributed by atoms with E-state index in [1.807, 2.05) is 6.92 Å². The number of benzene rings is 1. The number of amides is 1. The predicted molar refractivity (Wildman–Crippen MR) is 68.7 cm³/mol. The number of nitrogens with one attached hydrogen (secondary N) is 2. The summed E-state index contributed by atoms with van der Waals surface area (Å²) in [5, 5.41) is 9.25. The van der Waals surface area contributed by atoms with Crippen LogP contribution >= 0.6 is 0 Å². The largest absolute Gasteiger partial charge is 0.496 e. The molecule has 1 aromatic heterocycles. The molecule has 0 saturated carbocycles. The van der Waals surface area contributed by atoms with Crippen molar-refractivity contribution in [1.82, 2.24) is 10.2 Å². The molecule has 0 bridgehead atoms. The molecule has 0 radical (unpaired) electrons. The molecule has 18 heavy (non-hydrogen) atoms. The minimum Gasteiger partial charge on any atom is -0.496 e. The zero-order chi connectivity index (χ0) is 13.1. The number of carbonyl (C=O) groups is 1. The zero-order valence-electron chi connectivity index (χ0n) is 10.2. The van der Waals surface area contributed by atoms with E-state index in [9.17, 15) is 4.79 Å². The van der Waals surface area contributed by atoms with E-state index in [0.717, 1.165) is 5.56 Å². The van der Waals surface area contributed by atoms with Gasteiger partial charge in [0.15, 0.2) is 0 Å². The molecule has 94 valence electrons. The lowest BCUT2D eigenvalue weighted by Gasteiger charge is -2.09. The average molecular weight is 246 g/mol. The van der Waals surface area contributed by atoms with E-state index in [-0.39, 0.29) is 5.91 Å². The molecule has 0 aliphatic rings. The van der Waals surface area contributed by atoms with E-state index < -0.39 is 0 Å². The molecule has 0 fully saturated rings. The van der Waals surface area contributed by atoms with Crippen molar-refractivity contribution in [2.75, 3.05) is 18.2 Å². The van der Waals surface area contributed by atoms with Gasteiger partial charge in [0.05, 0.1) is 18.9 Å². The van der Waals surface area contributed by atoms with E-state index in [2.05, 4.69) is 15.5 Å². The van der Waals surface area contributed by atoms with E-state index >= 15 is 0 Å². The maximum Gasteiger partial charge on any atom is 0.260 e. The van der Waals surface area contributed by atoms with E-state index in [1.54, 1.807) is 24.4 Å². The molecule has 0 atom stereocenters. The Morgan fingerprint density at radius 2 is 2.28 bits per heavy atom. The Balaban J connectivity index is 2.29. The van der Waals surface area contributed by atoms with Crippen LogP contribution in [-0.4, -0.2) is 23.2 Å². The molecule has 0 spiro atoms. The van der Waals surface area contributed by atoms with E-state index in [4.69, 9.17) is 10.5 Å². The molecule has 4 N–H and O–H groups in total. The number of rotatable bonds is 3. The van der Waals surface area contributed by atoms with Gasteiger partial charge in [0, 0.05) is 11.3 Å². The molecule has 0 aliphatic carbocycles. The number of nitrogen functional groups attached to an aromatic ring is 1. The first-order valence-corrected chi connectivity index (χ1v) is 5.36. The average Bonchev–Trinajstić information content (AvgIpc) is 2.75. The van der Waals surface area contributed by atoms with Gasteiger partial charge in [-0.15, -0.1) is 0 Å². The molecule has 1 amide bonds. The quantitative estimate of drug-likeness (QED) is 0.716. The van der Waals surface area contributed by atoms with Crippen molar-refractivity contribution in [2.45, 2.75) is 6.92 Å². The van der Waals surface area contributed by atoms with Gasteiger partial charge in [-0.3, -0.25) is 9.89 Å². The van der Waals surface area contributed by atoms with Crippen LogP contribution in [0, 0.1) is 6.92 Å². The summed E-state index contributed by atoms with van der Waals surface area (Å²) < 4.78 is 5.13. The third-order valence-electron chi connectivity index (χ3n) is 2.54. The Hall–Kier alpha value is -2.50. The van der Waals surface area contributed by atoms with Crippen molar-refractivity contribution in [2.24, 2.45) is 0 Å². The monoisotopic (exact) mass is 246 g/mol. The maximum absolute atomic E-state index is 12.1. The van der Waals surface area contributed by atoms with Crippen LogP contribution in [0.1, 0.15) is 15.9 Å². The minimum absolute atomic E-state index is 0.300. The molecule has 6 nitrogen and oxygen atoms in total. The first-order chi connectivity index (χ1) is 8.61. The SMILES string of the molecule is COc1ccc(N)cc1C(=O)Nc1[nH]ncc1C. The highest BCUT2D eigenvalue weighted by Crippen LogP contribution is 2.22. The van der Waals surface area contributed by atoms with Crippen LogP contribution in [0.2, 0.25) is 0 Å². The summed E-state index contributed by atoms with van der Waals surface area (Å²) in [6.07, 6.45) is 1.63. The van der Waals surface area contributed by atoms with Crippen molar-refractivity contribution in [3.05, 3.63) is 35.5 Å². The van der Waals surface area contributed by atoms with Gasteiger partial charge in [0.1, 0.15) is 11.6 Å². The molecule has 0 aliphatic heterocycles. The number of aromatic nitrogens is 2. The molecule has 0 saturated heterocycles. The third-order valence-corrected chi connectivity index (χ3v) is 2.54. The highest BCUT2D eigenvalue weighted by Gasteiger charge is 2.14. The highest BCUT2D eigenvalue weighted by molar-refractivity contribution is 6.06. The lowest BCUT2D eigenvalue weighted by molar-refractivity contribution is 0.102. The van der Waals surface area contributed by atoms with Crippen LogP contribution in [-0.2, 0) is 0 Å². The number of hydrogen-bond acceptors (Lipinski definition) is 4. The fraction of sp³-hybridized carbons (Fsp3) is 0.167. The lowest BCUT2D eigenvalue weighted by Crippen LogP contribution is -2.14. The fourth-order valence-electron chi connectivity index (χ4n) is 1.56. The van der Waals surface area contributed by atoms with Crippen LogP contribution in [0.5, 0.6) is 5.75 Å². The van der Waals surface area contributed by atoms with Crippen molar-refractivity contribution in [3.63, 3.8) is 0 Å². The number of anilines is 2. The van der Waals surface area contributed by atoms with Gasteiger partial charge in [-0.1, -0.05) is 0 Å². The van der Waals surface area contributed by atoms with Crippen molar-refractivity contribution in [3.8, 4) is 5.75 Å². The lowest BCUT2D eigenvalue weighted by atomic mass is 10.1. The number of H-pyrrole nitrogens is 1. The van der Waals surface area contributed by atoms with Crippen molar-refractivity contribution >= 4 is 17.4 Å². The molecule has 6 heteroatoms. The van der Waals surface area contributed by atoms with Crippen LogP contribution in [0.4, 0.5) is 11.5 Å². The summed E-state index contributed by atoms with van der Waals surface area (Å²) in [4.78, 5) is 12.1. The van der Waals surface area contributed by atoms with Gasteiger partial charge in [-0.25, -0.2) is 0 Å². The summed E-state index contributed by atoms with van der Waals surface area (Å²) in [6.45, 7) is 1.84. The van der Waals surface area contributed by atoms with E-state index in [1.165, 1.54) is 7.11 Å². The zero-order valence-corrected chi connectivity index (χ0v) is 10.2. The molecular formula is C12H14N4O2. The Morgan fingerprint density at radius 3 is 2.89 bits per heavy atom. The first-order valence-electron chi connectivity index (χ1n) is 5.36. The standard InChI is InChI=1S/C12H14N4O2/c1-7-6-14-16-11(7)15-12(17)9-5-8(13)3-4-10(9)18-2/h3-6H,13H2,1-2H3,(H2,14,15,16,17). The van der Waals surface area contributed by atoms with Crippen molar-refractivity contribution < 1.29 is 9.53 Å². The second-order valence-electron chi connectivity index (χ2n) is 3.84. The number of nitrogens with two attached hydrogens (primary N) is 1. The summed E-state index contributed by atoms with van der Waals surface area (Å²) in [5.74, 6) is 0.731. The fourth-order valence-corrected chi connectivity index (χ4v) is 1.56. The van der Waals surface area contributed by atoms with Gasteiger partial charge in [0.25, 0.3) is 5.91 Å². The molecule has 2 rings (SSSR count). The number of aryl methyl sites for hydroxylation is 1. The van der Waals surface area contributed by atoms with Crippen LogP contribution < -0.4 is 15.8 Å². The molecule has 1 heterocycles. The number of aromatic amines is 1. The maximum atomic E-state index is 12.1. The van der Waals surface area contributed by atoms with Gasteiger partial charge < -0.3 is 15.8 Å². The van der Waals surface area contributed by atoms with Crippen LogP contribution in [0.3, 0.4) is 0 Å². The Bertz CT molecular complexity index is 577. The number of hydrogen-bond donors (Lipinski definition) is 3. The Kier molecular flexibility index (Phi) is 3.18. The number of ether oxygens (including phenoxy) is 1. The smallest absolute Gasteiger partial charge is 0.260 e. The summed E-state index contributed by atoms with van der Waals surface area (Å²) in [5.41, 5.74) is 7.40. The summed E-state index contributed by atoms with van der Waals surface area (Å²) in [6, 6.07) is 4.90. The normalized spacial score (nSPS) is 10.1. The Labute approximate surface area is 104 Å². The topological polar surface area (TPSA) is 93.0 Å². The highest BCUT2D eigenvalue weighted by atomic mass is 16.5. The predicted octanol–water partition coefficient (Wildman–Crippen LogP) is 1.56. The summed E-state index contributed by atoms with van der Waals surface area (Å²) in [7, 11) is 1.50. The van der Waals surface area contributed by atoms with Gasteiger partial charge in [-0.05, 0) is 25.1 Å². The molecule has 2 aromatic rings. The molecule has 0 unspecified atom stereocenters. The summed E-state index contributed by atoms with van der Waals surface area (Å²) >= 11 is 0. The number of nitrogens with zero attached hydrogens (tertiary/aromatic N) is 1. The van der Waals surface area contributed by atoms with Gasteiger partial charge in [0.2, 0.25) is 0 Å². The number of methoxy groups -OCH3 is 1. The Morgan fingerprint density at radius 1 is 1.50 bits per heavy atom. The van der Waals surface area contributed by atoms with Crippen LogP contribution in [0.15, 0.2) is 24.4 Å². The second kappa shape index (κ2) is 4.79. The third kappa shape index (κ3) is 2.27. The van der Waals surface area contributed by atoms with Crippen molar-refractivity contribution in [1.29, 1.82) is 0 Å². The van der Waals surface area contributed by atoms with Gasteiger partial charge in [-0.2, -0.15) is 5.10 Å².